The lowest BCUT2D eigenvalue weighted by atomic mass is 9.33. The average molecular weight is 455 g/mol. The average Bonchev–Trinajstić information content (AvgIpc) is 2.72. The van der Waals surface area contributed by atoms with E-state index in [1.807, 2.05) is 5.57 Å². The number of carbonyl (C=O) groups excluding carboxylic acids is 1. The monoisotopic (exact) mass is 454 g/mol. The van der Waals surface area contributed by atoms with E-state index in [2.05, 4.69) is 61.5 Å². The number of allylic oxidation sites excluding steroid dienone is 2. The first kappa shape index (κ1) is 23.9. The summed E-state index contributed by atoms with van der Waals surface area (Å²) >= 11 is 0. The Hall–Kier alpha value is -0.790. The van der Waals surface area contributed by atoms with Crippen LogP contribution >= 0.6 is 0 Å². The zero-order valence-corrected chi connectivity index (χ0v) is 22.9. The number of rotatable bonds is 2. The van der Waals surface area contributed by atoms with E-state index in [-0.39, 0.29) is 11.5 Å². The van der Waals surface area contributed by atoms with Crippen molar-refractivity contribution in [3.05, 3.63) is 11.6 Å². The molecule has 2 nitrogen and oxygen atoms in total. The Balaban J connectivity index is 1.54. The number of hydrogen-bond acceptors (Lipinski definition) is 2. The first-order valence-corrected chi connectivity index (χ1v) is 14.0. The van der Waals surface area contributed by atoms with Crippen LogP contribution in [0.2, 0.25) is 0 Å². The Bertz CT molecular complexity index is 853. The fourth-order valence-electron chi connectivity index (χ4n) is 10.8. The topological polar surface area (TPSA) is 26.3 Å². The van der Waals surface area contributed by atoms with Crippen LogP contribution in [0.15, 0.2) is 11.6 Å². The van der Waals surface area contributed by atoms with Gasteiger partial charge in [-0.3, -0.25) is 4.79 Å². The second kappa shape index (κ2) is 7.13. The van der Waals surface area contributed by atoms with Crippen LogP contribution in [0, 0.1) is 50.2 Å². The molecule has 0 aliphatic heterocycles. The van der Waals surface area contributed by atoms with Gasteiger partial charge < -0.3 is 4.74 Å². The summed E-state index contributed by atoms with van der Waals surface area (Å²) < 4.78 is 5.66. The Morgan fingerprint density at radius 2 is 1.55 bits per heavy atom. The molecule has 0 aromatic heterocycles. The standard InChI is InChI=1S/C31H50O2/c1-26(2)15-16-28(5)17-18-30(7)21(22(28)19-26)9-10-24-29(6)13-12-25(33-20-32)27(3,4)23(29)11-14-31(24,30)8/h9,20,22-25H,10-19H2,1-8H3. The largest absolute Gasteiger partial charge is 0.464 e. The van der Waals surface area contributed by atoms with Crippen molar-refractivity contribution in [2.75, 3.05) is 0 Å². The third-order valence-corrected chi connectivity index (χ3v) is 13.2. The Morgan fingerprint density at radius 3 is 2.24 bits per heavy atom. The zero-order chi connectivity index (χ0) is 24.1. The highest BCUT2D eigenvalue weighted by molar-refractivity contribution is 5.38. The van der Waals surface area contributed by atoms with Crippen LogP contribution < -0.4 is 0 Å². The number of carbonyl (C=O) groups is 1. The maximum atomic E-state index is 11.2. The van der Waals surface area contributed by atoms with Gasteiger partial charge in [0.15, 0.2) is 0 Å². The van der Waals surface area contributed by atoms with E-state index < -0.39 is 0 Å². The number of fused-ring (bicyclic) bond motifs is 7. The molecule has 5 aliphatic rings. The van der Waals surface area contributed by atoms with E-state index in [0.29, 0.717) is 39.5 Å². The second-order valence-electron chi connectivity index (χ2n) is 15.5. The van der Waals surface area contributed by atoms with Gasteiger partial charge in [-0.25, -0.2) is 0 Å². The third kappa shape index (κ3) is 3.07. The molecule has 4 saturated carbocycles. The summed E-state index contributed by atoms with van der Waals surface area (Å²) in [6, 6.07) is 0. The van der Waals surface area contributed by atoms with Crippen LogP contribution in [-0.2, 0) is 9.53 Å². The summed E-state index contributed by atoms with van der Waals surface area (Å²) in [7, 11) is 0. The number of hydrogen-bond donors (Lipinski definition) is 0. The first-order valence-electron chi connectivity index (χ1n) is 14.0. The lowest BCUT2D eigenvalue weighted by molar-refractivity contribution is -0.208. The van der Waals surface area contributed by atoms with Crippen LogP contribution in [-0.4, -0.2) is 12.6 Å². The van der Waals surface area contributed by atoms with Gasteiger partial charge in [-0.05, 0) is 109 Å². The lowest BCUT2D eigenvalue weighted by Gasteiger charge is -2.71. The summed E-state index contributed by atoms with van der Waals surface area (Å²) in [5.74, 6) is 2.13. The molecule has 8 unspecified atom stereocenters. The van der Waals surface area contributed by atoms with E-state index in [9.17, 15) is 4.79 Å². The Labute approximate surface area is 203 Å². The van der Waals surface area contributed by atoms with Crippen LogP contribution in [0.5, 0.6) is 0 Å². The molecule has 5 aliphatic carbocycles. The molecule has 0 bridgehead atoms. The van der Waals surface area contributed by atoms with E-state index in [1.165, 1.54) is 57.8 Å². The third-order valence-electron chi connectivity index (χ3n) is 13.2. The van der Waals surface area contributed by atoms with Gasteiger partial charge in [-0.2, -0.15) is 0 Å². The number of ether oxygens (including phenoxy) is 1. The summed E-state index contributed by atoms with van der Waals surface area (Å²) in [5, 5.41) is 0. The first-order chi connectivity index (χ1) is 15.2. The van der Waals surface area contributed by atoms with Crippen molar-refractivity contribution in [2.45, 2.75) is 126 Å². The van der Waals surface area contributed by atoms with Gasteiger partial charge in [0.25, 0.3) is 6.47 Å². The predicted molar refractivity (Wildman–Crippen MR) is 136 cm³/mol. The van der Waals surface area contributed by atoms with Crippen molar-refractivity contribution in [1.29, 1.82) is 0 Å². The molecule has 0 aromatic carbocycles. The Kier molecular flexibility index (Phi) is 5.17. The smallest absolute Gasteiger partial charge is 0.293 e. The van der Waals surface area contributed by atoms with Crippen molar-refractivity contribution in [3.63, 3.8) is 0 Å². The summed E-state index contributed by atoms with van der Waals surface area (Å²) in [5.41, 5.74) is 3.95. The highest BCUT2D eigenvalue weighted by Gasteiger charge is 2.68. The summed E-state index contributed by atoms with van der Waals surface area (Å²) in [4.78, 5) is 11.2. The molecular formula is C31H50O2. The molecule has 186 valence electrons. The van der Waals surface area contributed by atoms with Crippen LogP contribution in [0.1, 0.15) is 120 Å². The van der Waals surface area contributed by atoms with Gasteiger partial charge in [-0.1, -0.05) is 67.0 Å². The van der Waals surface area contributed by atoms with Gasteiger partial charge in [0.1, 0.15) is 6.10 Å². The molecule has 0 N–H and O–H groups in total. The minimum atomic E-state index is 0.0542. The minimum absolute atomic E-state index is 0.0542. The van der Waals surface area contributed by atoms with E-state index >= 15 is 0 Å². The van der Waals surface area contributed by atoms with Crippen molar-refractivity contribution in [1.82, 2.24) is 0 Å². The molecule has 0 aromatic rings. The van der Waals surface area contributed by atoms with Gasteiger partial charge in [0, 0.05) is 5.41 Å². The molecule has 0 spiro atoms. The van der Waals surface area contributed by atoms with Gasteiger partial charge in [-0.15, -0.1) is 0 Å². The van der Waals surface area contributed by atoms with E-state index in [4.69, 9.17) is 4.74 Å². The molecule has 33 heavy (non-hydrogen) atoms. The lowest BCUT2D eigenvalue weighted by Crippen LogP contribution is -2.64. The quantitative estimate of drug-likeness (QED) is 0.309. The fourth-order valence-corrected chi connectivity index (χ4v) is 10.8. The molecule has 4 fully saturated rings. The van der Waals surface area contributed by atoms with Crippen LogP contribution in [0.25, 0.3) is 0 Å². The molecule has 0 heterocycles. The van der Waals surface area contributed by atoms with Crippen LogP contribution in [0.3, 0.4) is 0 Å². The van der Waals surface area contributed by atoms with Gasteiger partial charge >= 0.3 is 0 Å². The van der Waals surface area contributed by atoms with Crippen molar-refractivity contribution >= 4 is 6.47 Å². The van der Waals surface area contributed by atoms with Crippen molar-refractivity contribution in [3.8, 4) is 0 Å². The normalized spacial score (nSPS) is 52.3. The molecule has 2 heteroatoms. The van der Waals surface area contributed by atoms with E-state index in [1.54, 1.807) is 0 Å². The summed E-state index contributed by atoms with van der Waals surface area (Å²) in [6.45, 7) is 21.1. The van der Waals surface area contributed by atoms with Gasteiger partial charge in [0.2, 0.25) is 0 Å². The minimum Gasteiger partial charge on any atom is -0.464 e. The molecular weight excluding hydrogens is 404 g/mol. The fraction of sp³-hybridized carbons (Fsp3) is 0.903. The molecule has 0 saturated heterocycles. The second-order valence-corrected chi connectivity index (χ2v) is 15.5. The highest BCUT2D eigenvalue weighted by Crippen LogP contribution is 2.75. The zero-order valence-electron chi connectivity index (χ0n) is 22.9. The van der Waals surface area contributed by atoms with Crippen molar-refractivity contribution < 1.29 is 9.53 Å². The van der Waals surface area contributed by atoms with E-state index in [0.717, 1.165) is 18.3 Å². The molecule has 0 amide bonds. The molecule has 0 radical (unpaired) electrons. The maximum Gasteiger partial charge on any atom is 0.293 e. The maximum absolute atomic E-state index is 11.2. The highest BCUT2D eigenvalue weighted by atomic mass is 16.5. The van der Waals surface area contributed by atoms with Crippen molar-refractivity contribution in [2.24, 2.45) is 50.2 Å². The van der Waals surface area contributed by atoms with Crippen LogP contribution in [0.4, 0.5) is 0 Å². The summed E-state index contributed by atoms with van der Waals surface area (Å²) in [6.07, 6.45) is 15.9. The SMILES string of the molecule is CC1(C)CCC2(C)CCC3(C)C(=CCC4C5(C)CCC(OC=O)C(C)(C)C5CCC43C)C2C1. The molecule has 8 atom stereocenters. The Morgan fingerprint density at radius 1 is 0.848 bits per heavy atom. The van der Waals surface area contributed by atoms with Gasteiger partial charge in [0.05, 0.1) is 0 Å². The molecule has 5 rings (SSSR count). The predicted octanol–water partition coefficient (Wildman–Crippen LogP) is 8.35.